The molecular formula is C22H28N10O12P2S. The van der Waals surface area contributed by atoms with E-state index in [1.165, 1.54) is 33.6 Å². The first-order chi connectivity index (χ1) is 22.2. The fourth-order valence-electron chi connectivity index (χ4n) is 6.01. The van der Waals surface area contributed by atoms with Crippen LogP contribution in [0.25, 0.3) is 22.3 Å². The van der Waals surface area contributed by atoms with Crippen LogP contribution in [0.1, 0.15) is 18.7 Å². The van der Waals surface area contributed by atoms with Crippen LogP contribution in [0.3, 0.4) is 0 Å². The van der Waals surface area contributed by atoms with Crippen LogP contribution >= 0.6 is 27.4 Å². The third-order valence-electron chi connectivity index (χ3n) is 8.10. The Hall–Kier alpha value is -3.05. The van der Waals surface area contributed by atoms with Crippen LogP contribution in [0.2, 0.25) is 0 Å². The Morgan fingerprint density at radius 3 is 2.34 bits per heavy atom. The van der Waals surface area contributed by atoms with Crippen molar-refractivity contribution in [1.29, 1.82) is 0 Å². The summed E-state index contributed by atoms with van der Waals surface area (Å²) in [7, 11) is -10.0. The lowest BCUT2D eigenvalue weighted by atomic mass is 10.1. The number of aromatic amines is 1. The minimum atomic E-state index is -5.05. The van der Waals surface area contributed by atoms with Gasteiger partial charge < -0.3 is 40.8 Å². The van der Waals surface area contributed by atoms with Gasteiger partial charge in [-0.15, -0.1) is 11.8 Å². The summed E-state index contributed by atoms with van der Waals surface area (Å²) in [5.41, 5.74) is 11.3. The van der Waals surface area contributed by atoms with Crippen molar-refractivity contribution < 1.29 is 52.0 Å². The van der Waals surface area contributed by atoms with E-state index >= 15 is 0 Å². The zero-order chi connectivity index (χ0) is 33.4. The van der Waals surface area contributed by atoms with Crippen molar-refractivity contribution in [3.63, 3.8) is 0 Å². The SMILES string of the molecule is CSc1nc(N)nc2c1ncn2[C@@H]1O[C@@H]2COP(=O)(O)OC3C(O)[C@@H](COP(=O)(O)OC2C1O)C[C@H]3n1cnc2c(=O)[nH]c(N)nc21. The first-order valence-electron chi connectivity index (χ1n) is 13.8. The third kappa shape index (κ3) is 5.85. The molecule has 254 valence electrons. The highest BCUT2D eigenvalue weighted by atomic mass is 32.2. The normalized spacial score (nSPS) is 36.6. The summed E-state index contributed by atoms with van der Waals surface area (Å²) in [6, 6.07) is -1.000. The highest BCUT2D eigenvalue weighted by molar-refractivity contribution is 7.98. The number of anilines is 2. The van der Waals surface area contributed by atoms with Gasteiger partial charge >= 0.3 is 15.6 Å². The molecule has 7 rings (SSSR count). The van der Waals surface area contributed by atoms with E-state index in [0.29, 0.717) is 10.5 Å². The maximum atomic E-state index is 13.3. The molecule has 1 aliphatic carbocycles. The van der Waals surface area contributed by atoms with Gasteiger partial charge in [0.05, 0.1) is 38.0 Å². The molecule has 25 heteroatoms. The standard InChI is InChI=1S/C22H28N10O12P2S/c1-47-19-11-17(28-22(24)30-19)32(6-26-11)20-13(34)15-9(42-20)4-41-46(38,39)43-14-8(2-7(12(14)33)3-40-45(36,37)44-15)31-5-25-10-16(31)27-21(23)29-18(10)35/h5-9,12-15,20,33-34H,2-4H2,1H3,(H,36,37)(H,38,39)(H2,24,28,30)(H3,23,27,29,35)/t7-,8-,9-,12?,13?,14?,15?,20-/m1/s1. The van der Waals surface area contributed by atoms with Crippen molar-refractivity contribution in [3.8, 4) is 0 Å². The lowest BCUT2D eigenvalue weighted by Crippen LogP contribution is -2.36. The largest absolute Gasteiger partial charge is 0.472 e. The quantitative estimate of drug-likeness (QED) is 0.0762. The van der Waals surface area contributed by atoms with Gasteiger partial charge in [-0.25, -0.2) is 24.1 Å². The number of nitrogens with zero attached hydrogens (tertiary/aromatic N) is 7. The number of fused-ring (bicyclic) bond motifs is 5. The molecule has 4 aromatic heterocycles. The third-order valence-corrected chi connectivity index (χ3v) is 10.7. The summed E-state index contributed by atoms with van der Waals surface area (Å²) in [6.07, 6.45) is -4.99. The Labute approximate surface area is 266 Å². The van der Waals surface area contributed by atoms with Gasteiger partial charge in [-0.1, -0.05) is 0 Å². The number of thioether (sulfide) groups is 1. The number of phosphoric acid groups is 2. The Kier molecular flexibility index (Phi) is 8.18. The molecule has 9 N–H and O–H groups in total. The number of ether oxygens (including phenoxy) is 1. The molecular weight excluding hydrogens is 690 g/mol. The second-order valence-electron chi connectivity index (χ2n) is 11.0. The molecule has 47 heavy (non-hydrogen) atoms. The van der Waals surface area contributed by atoms with Crippen LogP contribution in [0.15, 0.2) is 22.5 Å². The monoisotopic (exact) mass is 718 g/mol. The van der Waals surface area contributed by atoms with Crippen molar-refractivity contribution in [1.82, 2.24) is 39.0 Å². The Balaban J connectivity index is 1.21. The summed E-state index contributed by atoms with van der Waals surface area (Å²) < 4.78 is 56.4. The zero-order valence-electron chi connectivity index (χ0n) is 24.0. The number of hydrogen-bond acceptors (Lipinski definition) is 18. The first-order valence-corrected chi connectivity index (χ1v) is 18.1. The maximum Gasteiger partial charge on any atom is 0.472 e. The van der Waals surface area contributed by atoms with Crippen molar-refractivity contribution in [2.24, 2.45) is 5.92 Å². The molecule has 22 nitrogen and oxygen atoms in total. The molecule has 6 unspecified atom stereocenters. The molecule has 6 heterocycles. The predicted octanol–water partition coefficient (Wildman–Crippen LogP) is -0.956. The molecule has 10 atom stereocenters. The van der Waals surface area contributed by atoms with Gasteiger partial charge in [0.1, 0.15) is 35.0 Å². The van der Waals surface area contributed by atoms with Crippen LogP contribution < -0.4 is 17.0 Å². The molecule has 2 saturated heterocycles. The van der Waals surface area contributed by atoms with E-state index in [-0.39, 0.29) is 35.1 Å². The zero-order valence-corrected chi connectivity index (χ0v) is 26.6. The Morgan fingerprint density at radius 2 is 1.60 bits per heavy atom. The number of imidazole rings is 2. The van der Waals surface area contributed by atoms with Crippen LogP contribution in [-0.4, -0.2) is 109 Å². The lowest BCUT2D eigenvalue weighted by Gasteiger charge is -2.26. The molecule has 0 spiro atoms. The van der Waals surface area contributed by atoms with Crippen molar-refractivity contribution in [3.05, 3.63) is 23.0 Å². The van der Waals surface area contributed by atoms with E-state index in [4.69, 9.17) is 34.3 Å². The number of H-pyrrole nitrogens is 1. The van der Waals surface area contributed by atoms with Crippen LogP contribution in [0, 0.1) is 5.92 Å². The summed E-state index contributed by atoms with van der Waals surface area (Å²) in [5, 5.41) is 22.9. The van der Waals surface area contributed by atoms with E-state index in [2.05, 4.69) is 29.9 Å². The smallest absolute Gasteiger partial charge is 0.390 e. The van der Waals surface area contributed by atoms with E-state index in [1.807, 2.05) is 0 Å². The summed E-state index contributed by atoms with van der Waals surface area (Å²) >= 11 is 1.25. The Bertz CT molecular complexity index is 2010. The number of aromatic nitrogens is 8. The second kappa shape index (κ2) is 11.8. The summed E-state index contributed by atoms with van der Waals surface area (Å²) in [6.45, 7) is -1.40. The lowest BCUT2D eigenvalue weighted by molar-refractivity contribution is -0.0552. The fourth-order valence-corrected chi connectivity index (χ4v) is 8.51. The number of aliphatic hydroxyl groups is 2. The number of nitrogen functional groups attached to an aromatic ring is 2. The van der Waals surface area contributed by atoms with Gasteiger partial charge in [-0.3, -0.25) is 32.4 Å². The first kappa shape index (κ1) is 32.5. The van der Waals surface area contributed by atoms with E-state index in [1.54, 1.807) is 6.26 Å². The maximum absolute atomic E-state index is 13.3. The van der Waals surface area contributed by atoms with Crippen LogP contribution in [-0.2, 0) is 32.0 Å². The van der Waals surface area contributed by atoms with Gasteiger partial charge in [-0.05, 0) is 12.7 Å². The number of hydrogen-bond donors (Lipinski definition) is 7. The molecule has 0 radical (unpaired) electrons. The van der Waals surface area contributed by atoms with E-state index in [0.717, 1.165) is 0 Å². The highest BCUT2D eigenvalue weighted by Gasteiger charge is 2.53. The molecule has 2 aliphatic heterocycles. The second-order valence-corrected chi connectivity index (χ2v) is 14.6. The number of rotatable bonds is 3. The molecule has 1 saturated carbocycles. The average molecular weight is 719 g/mol. The molecule has 3 fully saturated rings. The average Bonchev–Trinajstić information content (AvgIpc) is 3.75. The number of aliphatic hydroxyl groups excluding tert-OH is 2. The molecule has 4 aromatic rings. The topological polar surface area (TPSA) is 320 Å². The number of nitrogens with one attached hydrogen (secondary N) is 1. The van der Waals surface area contributed by atoms with Crippen molar-refractivity contribution in [2.45, 2.75) is 54.2 Å². The van der Waals surface area contributed by atoms with Gasteiger partial charge in [0.2, 0.25) is 11.9 Å². The van der Waals surface area contributed by atoms with E-state index < -0.39 is 83.1 Å². The van der Waals surface area contributed by atoms with E-state index in [9.17, 15) is 33.9 Å². The Morgan fingerprint density at radius 1 is 0.936 bits per heavy atom. The predicted molar refractivity (Wildman–Crippen MR) is 158 cm³/mol. The molecule has 0 amide bonds. The van der Waals surface area contributed by atoms with Crippen molar-refractivity contribution in [2.75, 3.05) is 30.9 Å². The van der Waals surface area contributed by atoms with Gasteiger partial charge in [0.15, 0.2) is 23.0 Å². The number of nitrogens with two attached hydrogens (primary N) is 2. The molecule has 2 bridgehead atoms. The number of phosphoric ester groups is 2. The van der Waals surface area contributed by atoms with Crippen LogP contribution in [0.5, 0.6) is 0 Å². The summed E-state index contributed by atoms with van der Waals surface area (Å²) in [4.78, 5) is 56.9. The van der Waals surface area contributed by atoms with Gasteiger partial charge in [-0.2, -0.15) is 9.97 Å². The van der Waals surface area contributed by atoms with Gasteiger partial charge in [0, 0.05) is 5.92 Å². The minimum Gasteiger partial charge on any atom is -0.390 e. The minimum absolute atomic E-state index is 0.00415. The van der Waals surface area contributed by atoms with Crippen LogP contribution in [0.4, 0.5) is 11.9 Å². The van der Waals surface area contributed by atoms with Crippen molar-refractivity contribution >= 4 is 61.6 Å². The highest BCUT2D eigenvalue weighted by Crippen LogP contribution is 2.55. The fraction of sp³-hybridized carbons (Fsp3) is 0.545. The summed E-state index contributed by atoms with van der Waals surface area (Å²) in [5.74, 6) is -1.30. The molecule has 3 aliphatic rings. The van der Waals surface area contributed by atoms with Gasteiger partial charge in [0.25, 0.3) is 5.56 Å². The molecule has 0 aromatic carbocycles.